The number of hydrogen-bond acceptors (Lipinski definition) is 10. The molecule has 1 saturated heterocycles. The second-order valence-corrected chi connectivity index (χ2v) is 13.7. The van der Waals surface area contributed by atoms with E-state index in [9.17, 15) is 19.7 Å². The van der Waals surface area contributed by atoms with Crippen molar-refractivity contribution < 1.29 is 23.7 Å². The van der Waals surface area contributed by atoms with Crippen LogP contribution in [0.2, 0.25) is 5.02 Å². The second-order valence-electron chi connectivity index (χ2n) is 13.3. The lowest BCUT2D eigenvalue weighted by Gasteiger charge is -2.33. The highest BCUT2D eigenvalue weighted by molar-refractivity contribution is 6.35. The molecule has 0 spiro atoms. The van der Waals surface area contributed by atoms with Crippen LogP contribution in [0.5, 0.6) is 11.5 Å². The molecular formula is C37H40ClN8O6+. The first-order valence-corrected chi connectivity index (χ1v) is 17.2. The highest BCUT2D eigenvalue weighted by Gasteiger charge is 2.29. The third-order valence-corrected chi connectivity index (χ3v) is 9.65. The van der Waals surface area contributed by atoms with Crippen LogP contribution in [-0.2, 0) is 4.79 Å². The van der Waals surface area contributed by atoms with Gasteiger partial charge < -0.3 is 38.9 Å². The van der Waals surface area contributed by atoms with Crippen molar-refractivity contribution in [1.82, 2.24) is 19.4 Å². The van der Waals surface area contributed by atoms with Crippen molar-refractivity contribution in [2.75, 3.05) is 59.8 Å². The third kappa shape index (κ3) is 7.82. The van der Waals surface area contributed by atoms with Gasteiger partial charge in [0.2, 0.25) is 5.91 Å². The number of methoxy groups -OCH3 is 2. The summed E-state index contributed by atoms with van der Waals surface area (Å²) in [6, 6.07) is 12.3. The van der Waals surface area contributed by atoms with E-state index in [4.69, 9.17) is 21.1 Å². The molecule has 1 amide bonds. The molecule has 0 saturated carbocycles. The lowest BCUT2D eigenvalue weighted by molar-refractivity contribution is -0.880. The number of benzene rings is 1. The predicted molar refractivity (Wildman–Crippen MR) is 200 cm³/mol. The number of nitrogens with one attached hydrogen (secondary N) is 1. The van der Waals surface area contributed by atoms with E-state index in [1.165, 1.54) is 14.2 Å². The molecule has 6 rings (SSSR count). The predicted octanol–water partition coefficient (Wildman–Crippen LogP) is 5.63. The average molecular weight is 728 g/mol. The Kier molecular flexibility index (Phi) is 10.7. The van der Waals surface area contributed by atoms with Gasteiger partial charge in [-0.15, -0.1) is 0 Å². The summed E-state index contributed by atoms with van der Waals surface area (Å²) in [5, 5.41) is 15.6. The number of aromatic nitrogens is 3. The van der Waals surface area contributed by atoms with Gasteiger partial charge in [-0.05, 0) is 48.1 Å². The van der Waals surface area contributed by atoms with Crippen molar-refractivity contribution >= 4 is 46.3 Å². The minimum atomic E-state index is -0.449. The minimum absolute atomic E-state index is 0.0881. The zero-order valence-corrected chi connectivity index (χ0v) is 30.2. The number of nitrogens with zero attached hydrogens (tertiary/aromatic N) is 7. The molecule has 15 heteroatoms. The number of rotatable bonds is 12. The smallest absolute Gasteiger partial charge is 0.368 e. The SMILES string of the molecule is COc1cc(OC)c(Cl)c(-c2cc3cnc(Nc4ccccn4)cc3n(C3CCN(C(=O)/C=C/C[N+](C)(C)CC4=C([N+](=O)[O-])N=CC4)CC3)c2=O)c1. The highest BCUT2D eigenvalue weighted by atomic mass is 35.5. The summed E-state index contributed by atoms with van der Waals surface area (Å²) in [5.74, 6) is 1.79. The van der Waals surface area contributed by atoms with Gasteiger partial charge in [0.05, 0.1) is 51.0 Å². The van der Waals surface area contributed by atoms with E-state index in [1.807, 2.05) is 44.4 Å². The number of aliphatic imine (C=N–C) groups is 1. The number of hydrogen-bond donors (Lipinski definition) is 1. The maximum atomic E-state index is 14.6. The van der Waals surface area contributed by atoms with Crippen LogP contribution >= 0.6 is 11.6 Å². The molecule has 0 aliphatic carbocycles. The molecule has 0 radical (unpaired) electrons. The van der Waals surface area contributed by atoms with Crippen molar-refractivity contribution in [1.29, 1.82) is 0 Å². The Morgan fingerprint density at radius 1 is 1.10 bits per heavy atom. The molecule has 1 aromatic carbocycles. The van der Waals surface area contributed by atoms with Crippen LogP contribution in [0.25, 0.3) is 22.0 Å². The van der Waals surface area contributed by atoms with Crippen molar-refractivity contribution in [3.8, 4) is 22.6 Å². The van der Waals surface area contributed by atoms with Gasteiger partial charge in [0.25, 0.3) is 5.56 Å². The van der Waals surface area contributed by atoms with E-state index in [0.717, 1.165) is 5.39 Å². The molecule has 52 heavy (non-hydrogen) atoms. The Hall–Kier alpha value is -5.60. The number of quaternary nitrogens is 1. The van der Waals surface area contributed by atoms with Crippen molar-refractivity contribution in [2.24, 2.45) is 4.99 Å². The van der Waals surface area contributed by atoms with Crippen LogP contribution in [0.1, 0.15) is 25.3 Å². The molecular weight excluding hydrogens is 688 g/mol. The third-order valence-electron chi connectivity index (χ3n) is 9.26. The summed E-state index contributed by atoms with van der Waals surface area (Å²) >= 11 is 6.79. The van der Waals surface area contributed by atoms with Gasteiger partial charge in [-0.3, -0.25) is 9.59 Å². The number of fused-ring (bicyclic) bond motifs is 1. The van der Waals surface area contributed by atoms with E-state index in [0.29, 0.717) is 95.3 Å². The minimum Gasteiger partial charge on any atom is -0.497 e. The van der Waals surface area contributed by atoms with Crippen LogP contribution in [0, 0.1) is 10.1 Å². The number of amides is 1. The molecule has 5 heterocycles. The highest BCUT2D eigenvalue weighted by Crippen LogP contribution is 2.39. The first-order valence-electron chi connectivity index (χ1n) is 16.8. The van der Waals surface area contributed by atoms with Gasteiger partial charge in [-0.2, -0.15) is 0 Å². The standard InChI is InChI=1S/C37H39ClN8O6/c1-46(2,23-24-10-14-40-36(24)45(49)50)17-7-9-34(47)43-15-11-26(12-16-43)44-30-21-33(42-32-8-5-6-13-39-32)41-22-25(30)18-29(37(44)48)28-19-27(51-3)20-31(52-4)35(28)38/h5-9,13-14,18-22,26H,10-12,15-17,23H2,1-4H3/p+1/b9-7+. The Balaban J connectivity index is 1.26. The van der Waals surface area contributed by atoms with Crippen LogP contribution in [0.4, 0.5) is 11.6 Å². The van der Waals surface area contributed by atoms with E-state index < -0.39 is 4.92 Å². The molecule has 1 N–H and O–H groups in total. The quantitative estimate of drug-likeness (QED) is 0.0846. The van der Waals surface area contributed by atoms with E-state index in [2.05, 4.69) is 20.3 Å². The molecule has 2 aliphatic heterocycles. The average Bonchev–Trinajstić information content (AvgIpc) is 3.60. The normalized spacial score (nSPS) is 15.1. The van der Waals surface area contributed by atoms with Gasteiger partial charge in [0.15, 0.2) is 0 Å². The van der Waals surface area contributed by atoms with Crippen LogP contribution in [0.3, 0.4) is 0 Å². The topological polar surface area (TPSA) is 154 Å². The molecule has 0 atom stereocenters. The number of anilines is 2. The van der Waals surface area contributed by atoms with Crippen LogP contribution in [0.15, 0.2) is 88.2 Å². The number of pyridine rings is 3. The Bertz CT molecular complexity index is 2160. The van der Waals surface area contributed by atoms with E-state index in [-0.39, 0.29) is 28.4 Å². The van der Waals surface area contributed by atoms with Crippen molar-refractivity contribution in [2.45, 2.75) is 25.3 Å². The van der Waals surface area contributed by atoms with Crippen LogP contribution in [-0.4, -0.2) is 95.5 Å². The fourth-order valence-corrected chi connectivity index (χ4v) is 6.95. The molecule has 1 fully saturated rings. The van der Waals surface area contributed by atoms with Gasteiger partial charge in [0.1, 0.15) is 35.9 Å². The molecule has 0 bridgehead atoms. The molecule has 3 aromatic heterocycles. The molecule has 14 nitrogen and oxygen atoms in total. The first kappa shape index (κ1) is 36.2. The second kappa shape index (κ2) is 15.3. The fraction of sp³-hybridized carbons (Fsp3) is 0.324. The summed E-state index contributed by atoms with van der Waals surface area (Å²) in [6.07, 6.45) is 9.86. The van der Waals surface area contributed by atoms with Gasteiger partial charge in [0, 0.05) is 72.7 Å². The van der Waals surface area contributed by atoms with Gasteiger partial charge in [-0.1, -0.05) is 22.7 Å². The van der Waals surface area contributed by atoms with E-state index in [1.54, 1.807) is 52.4 Å². The zero-order valence-electron chi connectivity index (χ0n) is 29.4. The number of ether oxygens (including phenoxy) is 2. The Labute approximate surface area is 305 Å². The lowest BCUT2D eigenvalue weighted by atomic mass is 10.00. The summed E-state index contributed by atoms with van der Waals surface area (Å²) in [6.45, 7) is 1.84. The molecule has 0 unspecified atom stereocenters. The largest absolute Gasteiger partial charge is 0.497 e. The summed E-state index contributed by atoms with van der Waals surface area (Å²) in [7, 11) is 6.96. The maximum absolute atomic E-state index is 14.6. The number of likely N-dealkylation sites (tertiary alicyclic amines) is 1. The number of piperidine rings is 1. The monoisotopic (exact) mass is 727 g/mol. The molecule has 4 aromatic rings. The molecule has 270 valence electrons. The van der Waals surface area contributed by atoms with Crippen LogP contribution < -0.4 is 20.3 Å². The number of likely N-dealkylation sites (N-methyl/N-ethyl adjacent to an activating group) is 1. The number of carbonyl (C=O) groups excluding carboxylic acids is 1. The first-order chi connectivity index (χ1) is 25.0. The lowest BCUT2D eigenvalue weighted by Crippen LogP contribution is -2.42. The summed E-state index contributed by atoms with van der Waals surface area (Å²) in [5.41, 5.74) is 1.95. The van der Waals surface area contributed by atoms with Gasteiger partial charge >= 0.3 is 5.82 Å². The van der Waals surface area contributed by atoms with Crippen molar-refractivity contribution in [3.63, 3.8) is 0 Å². The fourth-order valence-electron chi connectivity index (χ4n) is 6.66. The maximum Gasteiger partial charge on any atom is 0.368 e. The number of halogens is 1. The molecule has 2 aliphatic rings. The zero-order chi connectivity index (χ0) is 37.0. The number of nitro groups is 1. The summed E-state index contributed by atoms with van der Waals surface area (Å²) < 4.78 is 13.2. The summed E-state index contributed by atoms with van der Waals surface area (Å²) in [4.78, 5) is 53.4. The van der Waals surface area contributed by atoms with Crippen molar-refractivity contribution in [3.05, 3.63) is 104 Å². The Morgan fingerprint density at radius 3 is 2.58 bits per heavy atom. The number of carbonyl (C=O) groups is 1. The Morgan fingerprint density at radius 2 is 1.88 bits per heavy atom. The van der Waals surface area contributed by atoms with Gasteiger partial charge in [-0.25, -0.2) is 9.97 Å². The van der Waals surface area contributed by atoms with E-state index >= 15 is 0 Å².